The minimum absolute atomic E-state index is 0.168. The van der Waals surface area contributed by atoms with Gasteiger partial charge in [0.25, 0.3) is 0 Å². The highest BCUT2D eigenvalue weighted by atomic mass is 79.9. The molecule has 0 bridgehead atoms. The number of benzene rings is 1. The van der Waals surface area contributed by atoms with Crippen molar-refractivity contribution in [3.05, 3.63) is 34.3 Å². The van der Waals surface area contributed by atoms with Crippen LogP contribution in [0.15, 0.2) is 28.7 Å². The molecule has 1 aliphatic rings. The first-order chi connectivity index (χ1) is 8.72. The minimum Gasteiger partial charge on any atom is -0.355 e. The Morgan fingerprint density at radius 3 is 3.00 bits per heavy atom. The summed E-state index contributed by atoms with van der Waals surface area (Å²) in [6.07, 6.45) is 0.976. The number of likely N-dealkylation sites (N-methyl/N-ethyl adjacent to an activating group) is 1. The van der Waals surface area contributed by atoms with Crippen molar-refractivity contribution in [1.29, 1.82) is 0 Å². The van der Waals surface area contributed by atoms with E-state index in [0.29, 0.717) is 12.5 Å². The molecule has 98 valence electrons. The lowest BCUT2D eigenvalue weighted by Gasteiger charge is -2.05. The second kappa shape index (κ2) is 6.34. The zero-order chi connectivity index (χ0) is 13.0. The van der Waals surface area contributed by atoms with E-state index in [0.717, 1.165) is 24.0 Å². The van der Waals surface area contributed by atoms with Crippen molar-refractivity contribution in [2.45, 2.75) is 19.3 Å². The van der Waals surface area contributed by atoms with Crippen LogP contribution in [0.2, 0.25) is 0 Å². The third-order valence-electron chi connectivity index (χ3n) is 3.26. The van der Waals surface area contributed by atoms with E-state index in [9.17, 15) is 4.79 Å². The second-order valence-electron chi connectivity index (χ2n) is 4.65. The van der Waals surface area contributed by atoms with Crippen LogP contribution in [-0.4, -0.2) is 25.5 Å². The first kappa shape index (κ1) is 13.6. The Hall–Kier alpha value is -0.870. The van der Waals surface area contributed by atoms with Crippen LogP contribution in [0.4, 0.5) is 0 Å². The molecule has 0 saturated heterocycles. The number of halogens is 1. The van der Waals surface area contributed by atoms with E-state index in [-0.39, 0.29) is 11.8 Å². The molecular weight excluding hydrogens is 292 g/mol. The largest absolute Gasteiger partial charge is 0.355 e. The smallest absolute Gasteiger partial charge is 0.223 e. The predicted octanol–water partition coefficient (Wildman–Crippen LogP) is 2.28. The number of hydrogen-bond donors (Lipinski definition) is 2. The molecule has 4 heteroatoms. The number of carbonyl (C=O) groups excluding carboxylic acids is 1. The molecule has 2 unspecified atom stereocenters. The van der Waals surface area contributed by atoms with Gasteiger partial charge in [-0.2, -0.15) is 0 Å². The van der Waals surface area contributed by atoms with E-state index in [1.165, 1.54) is 5.56 Å². The van der Waals surface area contributed by atoms with Gasteiger partial charge in [-0.15, -0.1) is 0 Å². The topological polar surface area (TPSA) is 41.1 Å². The van der Waals surface area contributed by atoms with E-state index in [2.05, 4.69) is 45.6 Å². The van der Waals surface area contributed by atoms with Gasteiger partial charge in [0.1, 0.15) is 0 Å². The van der Waals surface area contributed by atoms with E-state index in [4.69, 9.17) is 0 Å². The summed E-state index contributed by atoms with van der Waals surface area (Å²) in [6.45, 7) is 4.57. The SMILES string of the molecule is CCNCCNC(=O)C1CC1c1cccc(Br)c1. The van der Waals surface area contributed by atoms with Crippen LogP contribution in [0.3, 0.4) is 0 Å². The summed E-state index contributed by atoms with van der Waals surface area (Å²) in [5.74, 6) is 0.764. The van der Waals surface area contributed by atoms with Crippen LogP contribution >= 0.6 is 15.9 Å². The highest BCUT2D eigenvalue weighted by Crippen LogP contribution is 2.47. The molecule has 1 amide bonds. The third-order valence-corrected chi connectivity index (χ3v) is 3.75. The summed E-state index contributed by atoms with van der Waals surface area (Å²) in [7, 11) is 0. The quantitative estimate of drug-likeness (QED) is 0.792. The van der Waals surface area contributed by atoms with Crippen molar-refractivity contribution in [2.24, 2.45) is 5.92 Å². The monoisotopic (exact) mass is 310 g/mol. The molecule has 1 aromatic carbocycles. The summed E-state index contributed by atoms with van der Waals surface area (Å²) in [5.41, 5.74) is 1.26. The Balaban J connectivity index is 1.78. The minimum atomic E-state index is 0.168. The molecule has 0 radical (unpaired) electrons. The van der Waals surface area contributed by atoms with E-state index in [1.54, 1.807) is 0 Å². The third kappa shape index (κ3) is 3.56. The molecule has 1 saturated carbocycles. The zero-order valence-corrected chi connectivity index (χ0v) is 12.2. The highest BCUT2D eigenvalue weighted by Gasteiger charge is 2.43. The van der Waals surface area contributed by atoms with Crippen LogP contribution in [0.5, 0.6) is 0 Å². The Morgan fingerprint density at radius 2 is 2.28 bits per heavy atom. The van der Waals surface area contributed by atoms with Crippen molar-refractivity contribution in [3.8, 4) is 0 Å². The van der Waals surface area contributed by atoms with Crippen molar-refractivity contribution in [1.82, 2.24) is 10.6 Å². The maximum Gasteiger partial charge on any atom is 0.223 e. The zero-order valence-electron chi connectivity index (χ0n) is 10.6. The van der Waals surface area contributed by atoms with Crippen LogP contribution in [0, 0.1) is 5.92 Å². The summed E-state index contributed by atoms with van der Waals surface area (Å²) < 4.78 is 1.08. The van der Waals surface area contributed by atoms with Crippen molar-refractivity contribution >= 4 is 21.8 Å². The van der Waals surface area contributed by atoms with Crippen LogP contribution < -0.4 is 10.6 Å². The van der Waals surface area contributed by atoms with Gasteiger partial charge in [-0.3, -0.25) is 4.79 Å². The Kier molecular flexibility index (Phi) is 4.78. The highest BCUT2D eigenvalue weighted by molar-refractivity contribution is 9.10. The van der Waals surface area contributed by atoms with Gasteiger partial charge in [-0.1, -0.05) is 35.0 Å². The number of hydrogen-bond acceptors (Lipinski definition) is 2. The molecule has 1 fully saturated rings. The van der Waals surface area contributed by atoms with Gasteiger partial charge in [0, 0.05) is 23.5 Å². The van der Waals surface area contributed by atoms with Crippen LogP contribution in [0.25, 0.3) is 0 Å². The number of rotatable bonds is 6. The molecule has 2 N–H and O–H groups in total. The lowest BCUT2D eigenvalue weighted by Crippen LogP contribution is -2.32. The van der Waals surface area contributed by atoms with Crippen LogP contribution in [0.1, 0.15) is 24.8 Å². The number of nitrogens with one attached hydrogen (secondary N) is 2. The summed E-state index contributed by atoms with van der Waals surface area (Å²) in [6, 6.07) is 8.24. The van der Waals surface area contributed by atoms with E-state index >= 15 is 0 Å². The lowest BCUT2D eigenvalue weighted by molar-refractivity contribution is -0.122. The Bertz CT molecular complexity index is 422. The van der Waals surface area contributed by atoms with Gasteiger partial charge in [0.2, 0.25) is 5.91 Å². The van der Waals surface area contributed by atoms with Gasteiger partial charge in [0.15, 0.2) is 0 Å². The fourth-order valence-electron chi connectivity index (χ4n) is 2.17. The molecular formula is C14H19BrN2O. The maximum absolute atomic E-state index is 11.9. The summed E-state index contributed by atoms with van der Waals surface area (Å²) in [5, 5.41) is 6.17. The standard InChI is InChI=1S/C14H19BrN2O/c1-2-16-6-7-17-14(18)13-9-12(13)10-4-3-5-11(15)8-10/h3-5,8,12-13,16H,2,6-7,9H2,1H3,(H,17,18). The molecule has 2 rings (SSSR count). The normalized spacial score (nSPS) is 21.7. The van der Waals surface area contributed by atoms with Gasteiger partial charge >= 0.3 is 0 Å². The van der Waals surface area contributed by atoms with E-state index in [1.807, 2.05) is 12.1 Å². The van der Waals surface area contributed by atoms with E-state index < -0.39 is 0 Å². The summed E-state index contributed by atoms with van der Waals surface area (Å²) in [4.78, 5) is 11.9. The molecule has 1 aromatic rings. The molecule has 18 heavy (non-hydrogen) atoms. The molecule has 0 heterocycles. The first-order valence-corrected chi connectivity index (χ1v) is 7.25. The van der Waals surface area contributed by atoms with Crippen molar-refractivity contribution in [2.75, 3.05) is 19.6 Å². The fourth-order valence-corrected chi connectivity index (χ4v) is 2.59. The van der Waals surface area contributed by atoms with Gasteiger partial charge in [-0.25, -0.2) is 0 Å². The Labute approximate surface area is 116 Å². The van der Waals surface area contributed by atoms with Crippen molar-refractivity contribution in [3.63, 3.8) is 0 Å². The maximum atomic E-state index is 11.9. The van der Waals surface area contributed by atoms with Gasteiger partial charge < -0.3 is 10.6 Å². The average molecular weight is 311 g/mol. The molecule has 0 aliphatic heterocycles. The van der Waals surface area contributed by atoms with Crippen LogP contribution in [-0.2, 0) is 4.79 Å². The molecule has 2 atom stereocenters. The molecule has 0 aromatic heterocycles. The molecule has 0 spiro atoms. The lowest BCUT2D eigenvalue weighted by atomic mass is 10.1. The van der Waals surface area contributed by atoms with Gasteiger partial charge in [0.05, 0.1) is 0 Å². The van der Waals surface area contributed by atoms with Gasteiger partial charge in [-0.05, 0) is 36.6 Å². The summed E-state index contributed by atoms with van der Waals surface area (Å²) >= 11 is 3.47. The Morgan fingerprint density at radius 1 is 1.44 bits per heavy atom. The average Bonchev–Trinajstić information content (AvgIpc) is 3.15. The molecule has 3 nitrogen and oxygen atoms in total. The predicted molar refractivity (Wildman–Crippen MR) is 76.5 cm³/mol. The number of amides is 1. The fraction of sp³-hybridized carbons (Fsp3) is 0.500. The second-order valence-corrected chi connectivity index (χ2v) is 5.56. The number of carbonyl (C=O) groups is 1. The first-order valence-electron chi connectivity index (χ1n) is 6.46. The molecule has 1 aliphatic carbocycles. The van der Waals surface area contributed by atoms with Crippen molar-refractivity contribution < 1.29 is 4.79 Å².